The number of aryl methyl sites for hydroxylation is 1. The van der Waals surface area contributed by atoms with Crippen LogP contribution >= 0.6 is 0 Å². The molecule has 0 atom stereocenters. The van der Waals surface area contributed by atoms with Crippen molar-refractivity contribution in [2.75, 3.05) is 0 Å². The first kappa shape index (κ1) is 19.7. The summed E-state index contributed by atoms with van der Waals surface area (Å²) in [5, 5.41) is 8.32. The minimum Gasteiger partial charge on any atom is -0.257 e. The number of fused-ring (bicyclic) bond motifs is 6. The average Bonchev–Trinajstić information content (AvgIpc) is 3.30. The second-order valence-corrected chi connectivity index (χ2v) is 7.65. The monoisotopic (exact) mass is 576 g/mol. The van der Waals surface area contributed by atoms with Gasteiger partial charge in [0.1, 0.15) is 0 Å². The Morgan fingerprint density at radius 2 is 1.48 bits per heavy atom. The Morgan fingerprint density at radius 3 is 2.32 bits per heavy atom. The predicted molar refractivity (Wildman–Crippen MR) is 125 cm³/mol. The topological polar surface area (TPSA) is 17.3 Å². The van der Waals surface area contributed by atoms with Crippen molar-refractivity contribution in [1.82, 2.24) is 9.61 Å². The molecule has 0 aliphatic heterocycles. The summed E-state index contributed by atoms with van der Waals surface area (Å²) in [4.78, 5) is 0. The van der Waals surface area contributed by atoms with Crippen molar-refractivity contribution in [3.8, 4) is 22.3 Å². The van der Waals surface area contributed by atoms with Crippen molar-refractivity contribution < 1.29 is 20.1 Å². The summed E-state index contributed by atoms with van der Waals surface area (Å²) in [5.41, 5.74) is 8.27. The Kier molecular flexibility index (Phi) is 4.94. The van der Waals surface area contributed by atoms with E-state index in [0.29, 0.717) is 0 Å². The smallest absolute Gasteiger partial charge is 0.0718 e. The molecule has 6 aromatic rings. The van der Waals surface area contributed by atoms with Crippen LogP contribution in [0.4, 0.5) is 0 Å². The quantitative estimate of drug-likeness (QED) is 0.159. The van der Waals surface area contributed by atoms with E-state index in [2.05, 4.69) is 103 Å². The van der Waals surface area contributed by atoms with E-state index in [1.807, 2.05) is 16.8 Å². The van der Waals surface area contributed by atoms with E-state index in [1.165, 1.54) is 44.0 Å². The summed E-state index contributed by atoms with van der Waals surface area (Å²) in [6.07, 6.45) is 1.88. The maximum atomic E-state index is 4.67. The number of hydrogen-bond donors (Lipinski definition) is 0. The molecule has 2 nitrogen and oxygen atoms in total. The van der Waals surface area contributed by atoms with Gasteiger partial charge in [0, 0.05) is 31.7 Å². The molecule has 31 heavy (non-hydrogen) atoms. The molecule has 0 unspecified atom stereocenters. The Balaban J connectivity index is 0.00000204. The third-order valence-corrected chi connectivity index (χ3v) is 5.94. The van der Waals surface area contributed by atoms with Gasteiger partial charge in [-0.15, -0.1) is 5.56 Å². The van der Waals surface area contributed by atoms with Gasteiger partial charge in [-0.25, -0.2) is 0 Å². The van der Waals surface area contributed by atoms with Crippen LogP contribution in [0.5, 0.6) is 0 Å². The Labute approximate surface area is 194 Å². The van der Waals surface area contributed by atoms with Crippen molar-refractivity contribution in [3.63, 3.8) is 0 Å². The van der Waals surface area contributed by atoms with E-state index in [9.17, 15) is 0 Å². The number of nitrogens with zero attached hydrogens (tertiary/aromatic N) is 2. The number of hydrogen-bond acceptors (Lipinski definition) is 1. The normalized spacial score (nSPS) is 11.1. The zero-order valence-electron chi connectivity index (χ0n) is 17.0. The largest absolute Gasteiger partial charge is 0.257 e. The van der Waals surface area contributed by atoms with E-state index < -0.39 is 0 Å². The fraction of sp³-hybridized carbons (Fsp3) is 0.0357. The minimum absolute atomic E-state index is 0. The molecule has 6 rings (SSSR count). The van der Waals surface area contributed by atoms with Gasteiger partial charge >= 0.3 is 0 Å². The molecule has 0 saturated heterocycles. The molecule has 4 aromatic carbocycles. The van der Waals surface area contributed by atoms with Crippen LogP contribution in [0.2, 0.25) is 0 Å². The number of aromatic nitrogens is 2. The van der Waals surface area contributed by atoms with Gasteiger partial charge in [0.25, 0.3) is 0 Å². The Morgan fingerprint density at radius 1 is 0.710 bits per heavy atom. The van der Waals surface area contributed by atoms with Crippen molar-refractivity contribution in [1.29, 1.82) is 0 Å². The van der Waals surface area contributed by atoms with Gasteiger partial charge in [0.2, 0.25) is 0 Å². The van der Waals surface area contributed by atoms with E-state index in [-0.39, 0.29) is 20.1 Å². The van der Waals surface area contributed by atoms with Crippen LogP contribution in [0.15, 0.2) is 97.2 Å². The maximum Gasteiger partial charge on any atom is 0.0718 e. The number of benzene rings is 4. The van der Waals surface area contributed by atoms with Crippen molar-refractivity contribution in [2.45, 2.75) is 6.92 Å². The second-order valence-electron chi connectivity index (χ2n) is 7.65. The van der Waals surface area contributed by atoms with E-state index in [0.717, 1.165) is 11.0 Å². The molecule has 1 radical (unpaired) electrons. The molecule has 0 bridgehead atoms. The van der Waals surface area contributed by atoms with Gasteiger partial charge in [0.05, 0.1) is 5.52 Å². The Bertz CT molecular complexity index is 1550. The van der Waals surface area contributed by atoms with Crippen LogP contribution in [-0.4, -0.2) is 9.61 Å². The van der Waals surface area contributed by atoms with Crippen LogP contribution in [0, 0.1) is 13.0 Å². The molecule has 2 aromatic heterocycles. The van der Waals surface area contributed by atoms with E-state index >= 15 is 0 Å². The van der Waals surface area contributed by atoms with Crippen molar-refractivity contribution in [2.24, 2.45) is 0 Å². The van der Waals surface area contributed by atoms with Gasteiger partial charge in [-0.1, -0.05) is 83.6 Å². The van der Waals surface area contributed by atoms with E-state index in [4.69, 9.17) is 0 Å². The van der Waals surface area contributed by atoms with Gasteiger partial charge < -0.3 is 0 Å². The minimum atomic E-state index is 0. The van der Waals surface area contributed by atoms with Crippen LogP contribution in [0.25, 0.3) is 49.4 Å². The molecular formula is C28H19IrN2-. The van der Waals surface area contributed by atoms with Crippen LogP contribution in [0.3, 0.4) is 0 Å². The third kappa shape index (κ3) is 3.01. The summed E-state index contributed by atoms with van der Waals surface area (Å²) < 4.78 is 2.03. The molecular weight excluding hydrogens is 557 g/mol. The standard InChI is InChI=1S/C28H19N2.Ir/c1-19-9-5-6-12-21(19)23-14-8-16-25-28(23)24-15-7-13-22(20-10-3-2-4-11-20)27(24)26-17-18-29-30(25)26;/h2-15,17-18H,1H3;/q-1;. The average molecular weight is 576 g/mol. The van der Waals surface area contributed by atoms with Crippen molar-refractivity contribution >= 4 is 27.2 Å². The molecule has 0 amide bonds. The molecule has 0 N–H and O–H groups in total. The molecule has 151 valence electrons. The number of rotatable bonds is 2. The summed E-state index contributed by atoms with van der Waals surface area (Å²) in [5.74, 6) is 0. The fourth-order valence-corrected chi connectivity index (χ4v) is 4.59. The first-order valence-corrected chi connectivity index (χ1v) is 10.2. The molecule has 0 aliphatic carbocycles. The van der Waals surface area contributed by atoms with E-state index in [1.54, 1.807) is 0 Å². The van der Waals surface area contributed by atoms with Gasteiger partial charge in [-0.2, -0.15) is 23.3 Å². The summed E-state index contributed by atoms with van der Waals surface area (Å²) >= 11 is 0. The Hall–Kier alpha value is -3.26. The second kappa shape index (κ2) is 7.77. The summed E-state index contributed by atoms with van der Waals surface area (Å²) in [6, 6.07) is 35.5. The van der Waals surface area contributed by atoms with Crippen LogP contribution < -0.4 is 0 Å². The number of pyridine rings is 1. The van der Waals surface area contributed by atoms with Gasteiger partial charge in [0.15, 0.2) is 0 Å². The first-order valence-electron chi connectivity index (χ1n) is 10.2. The zero-order chi connectivity index (χ0) is 20.1. The molecule has 0 fully saturated rings. The van der Waals surface area contributed by atoms with Crippen LogP contribution in [-0.2, 0) is 20.1 Å². The predicted octanol–water partition coefficient (Wildman–Crippen LogP) is 7.08. The first-order chi connectivity index (χ1) is 14.8. The fourth-order valence-electron chi connectivity index (χ4n) is 4.59. The zero-order valence-corrected chi connectivity index (χ0v) is 19.4. The molecule has 0 aliphatic rings. The van der Waals surface area contributed by atoms with Gasteiger partial charge in [-0.05, 0) is 40.8 Å². The molecule has 0 saturated carbocycles. The molecule has 3 heteroatoms. The SMILES string of the molecule is Cc1ccccc1-c1cc[c-]c2c1c1cccc(-c3ccccc3)c1c1ccnn21.[Ir]. The van der Waals surface area contributed by atoms with Gasteiger partial charge in [-0.3, -0.25) is 4.52 Å². The molecule has 0 spiro atoms. The summed E-state index contributed by atoms with van der Waals surface area (Å²) in [7, 11) is 0. The molecule has 2 heterocycles. The van der Waals surface area contributed by atoms with Crippen molar-refractivity contribution in [3.05, 3.63) is 109 Å². The van der Waals surface area contributed by atoms with Crippen LogP contribution in [0.1, 0.15) is 5.56 Å². The summed E-state index contributed by atoms with van der Waals surface area (Å²) in [6.45, 7) is 2.17. The maximum absolute atomic E-state index is 4.67. The third-order valence-electron chi connectivity index (χ3n) is 5.94.